The van der Waals surface area contributed by atoms with Crippen LogP contribution in [0.25, 0.3) is 0 Å². The Morgan fingerprint density at radius 3 is 2.58 bits per heavy atom. The molecule has 130 valence electrons. The molecule has 2 aromatic heterocycles. The van der Waals surface area contributed by atoms with Crippen LogP contribution < -0.4 is 10.6 Å². The normalized spacial score (nSPS) is 10.8. The van der Waals surface area contributed by atoms with Crippen LogP contribution >= 0.6 is 23.1 Å². The molecule has 2 heterocycles. The Morgan fingerprint density at radius 1 is 1.25 bits per heavy atom. The van der Waals surface area contributed by atoms with Gasteiger partial charge in [0.2, 0.25) is 16.9 Å². The number of hydrogen-bond donors (Lipinski definition) is 2. The molecule has 0 saturated carbocycles. The van der Waals surface area contributed by atoms with Gasteiger partial charge in [0.15, 0.2) is 5.82 Å². The van der Waals surface area contributed by atoms with Crippen molar-refractivity contribution in [1.82, 2.24) is 15.4 Å². The quantitative estimate of drug-likeness (QED) is 0.735. The maximum atomic E-state index is 11.8. The second-order valence-corrected chi connectivity index (χ2v) is 7.56. The number of nitrogens with zero attached hydrogens (tertiary/aromatic N) is 3. The Kier molecular flexibility index (Phi) is 6.73. The molecule has 2 rings (SSSR count). The number of rotatable bonds is 8. The molecule has 10 heteroatoms. The number of hydrogen-bond acceptors (Lipinski definition) is 8. The molecule has 2 N–H and O–H groups in total. The average molecular weight is 369 g/mol. The van der Waals surface area contributed by atoms with Gasteiger partial charge in [-0.15, -0.1) is 22.0 Å². The molecule has 24 heavy (non-hydrogen) atoms. The SMILES string of the molecule is Cc1cc(NC(=O)CSCC(=O)Nc2nnc(CC(C)C)s2)no1. The summed E-state index contributed by atoms with van der Waals surface area (Å²) in [6.45, 7) is 5.94. The number of anilines is 2. The highest BCUT2D eigenvalue weighted by Crippen LogP contribution is 2.18. The van der Waals surface area contributed by atoms with Crippen molar-refractivity contribution in [2.24, 2.45) is 5.92 Å². The lowest BCUT2D eigenvalue weighted by molar-refractivity contribution is -0.114. The zero-order valence-corrected chi connectivity index (χ0v) is 15.3. The fraction of sp³-hybridized carbons (Fsp3) is 0.500. The lowest BCUT2D eigenvalue weighted by atomic mass is 10.1. The molecular weight excluding hydrogens is 350 g/mol. The van der Waals surface area contributed by atoms with Crippen molar-refractivity contribution >= 4 is 45.9 Å². The Bertz CT molecular complexity index is 698. The van der Waals surface area contributed by atoms with E-state index < -0.39 is 0 Å². The fourth-order valence-electron chi connectivity index (χ4n) is 1.73. The summed E-state index contributed by atoms with van der Waals surface area (Å²) < 4.78 is 4.85. The molecule has 0 fully saturated rings. The highest BCUT2D eigenvalue weighted by atomic mass is 32.2. The first-order valence-corrected chi connectivity index (χ1v) is 9.32. The van der Waals surface area contributed by atoms with Crippen LogP contribution in [0.2, 0.25) is 0 Å². The van der Waals surface area contributed by atoms with Crippen molar-refractivity contribution in [2.75, 3.05) is 22.1 Å². The Labute approximate surface area is 147 Å². The van der Waals surface area contributed by atoms with E-state index >= 15 is 0 Å². The summed E-state index contributed by atoms with van der Waals surface area (Å²) in [5, 5.41) is 18.3. The molecule has 0 aromatic carbocycles. The van der Waals surface area contributed by atoms with Crippen molar-refractivity contribution in [1.29, 1.82) is 0 Å². The molecule has 0 bridgehead atoms. The Hall–Kier alpha value is -1.94. The van der Waals surface area contributed by atoms with Gasteiger partial charge < -0.3 is 9.84 Å². The third-order valence-electron chi connectivity index (χ3n) is 2.66. The van der Waals surface area contributed by atoms with Gasteiger partial charge in [0.25, 0.3) is 0 Å². The topological polar surface area (TPSA) is 110 Å². The van der Waals surface area contributed by atoms with Gasteiger partial charge in [0.05, 0.1) is 11.5 Å². The molecule has 8 nitrogen and oxygen atoms in total. The zero-order valence-electron chi connectivity index (χ0n) is 13.7. The number of carbonyl (C=O) groups excluding carboxylic acids is 2. The minimum Gasteiger partial charge on any atom is -0.360 e. The van der Waals surface area contributed by atoms with Crippen LogP contribution in [0.1, 0.15) is 24.6 Å². The maximum Gasteiger partial charge on any atom is 0.236 e. The smallest absolute Gasteiger partial charge is 0.236 e. The predicted octanol–water partition coefficient (Wildman–Crippen LogP) is 2.34. The van der Waals surface area contributed by atoms with E-state index in [2.05, 4.69) is 39.8 Å². The second-order valence-electron chi connectivity index (χ2n) is 5.51. The van der Waals surface area contributed by atoms with Gasteiger partial charge >= 0.3 is 0 Å². The van der Waals surface area contributed by atoms with E-state index in [-0.39, 0.29) is 23.3 Å². The van der Waals surface area contributed by atoms with Gasteiger partial charge in [0, 0.05) is 12.5 Å². The number of amides is 2. The number of thioether (sulfide) groups is 1. The Morgan fingerprint density at radius 2 is 1.96 bits per heavy atom. The Balaban J connectivity index is 1.67. The van der Waals surface area contributed by atoms with E-state index in [1.54, 1.807) is 13.0 Å². The van der Waals surface area contributed by atoms with E-state index in [1.807, 2.05) is 0 Å². The largest absolute Gasteiger partial charge is 0.360 e. The van der Waals surface area contributed by atoms with Crippen molar-refractivity contribution in [3.63, 3.8) is 0 Å². The second kappa shape index (κ2) is 8.78. The predicted molar refractivity (Wildman–Crippen MR) is 94.3 cm³/mol. The number of nitrogens with one attached hydrogen (secondary N) is 2. The van der Waals surface area contributed by atoms with Crippen LogP contribution in [0, 0.1) is 12.8 Å². The highest BCUT2D eigenvalue weighted by Gasteiger charge is 2.11. The molecule has 0 unspecified atom stereocenters. The van der Waals surface area contributed by atoms with Gasteiger partial charge in [-0.1, -0.05) is 30.3 Å². The molecule has 0 aliphatic heterocycles. The molecule has 2 aromatic rings. The number of carbonyl (C=O) groups is 2. The van der Waals surface area contributed by atoms with E-state index in [0.717, 1.165) is 11.4 Å². The van der Waals surface area contributed by atoms with Gasteiger partial charge in [-0.2, -0.15) is 0 Å². The van der Waals surface area contributed by atoms with E-state index in [4.69, 9.17) is 4.52 Å². The minimum absolute atomic E-state index is 0.147. The molecule has 0 aliphatic rings. The highest BCUT2D eigenvalue weighted by molar-refractivity contribution is 8.00. The fourth-order valence-corrected chi connectivity index (χ4v) is 3.32. The van der Waals surface area contributed by atoms with Crippen molar-refractivity contribution in [3.05, 3.63) is 16.8 Å². The van der Waals surface area contributed by atoms with Crippen molar-refractivity contribution < 1.29 is 14.1 Å². The van der Waals surface area contributed by atoms with Gasteiger partial charge in [-0.3, -0.25) is 14.9 Å². The van der Waals surface area contributed by atoms with E-state index in [9.17, 15) is 9.59 Å². The van der Waals surface area contributed by atoms with Gasteiger partial charge in [-0.05, 0) is 12.8 Å². The van der Waals surface area contributed by atoms with Crippen LogP contribution in [0.5, 0.6) is 0 Å². The van der Waals surface area contributed by atoms with Crippen LogP contribution in [0.15, 0.2) is 10.6 Å². The number of aromatic nitrogens is 3. The summed E-state index contributed by atoms with van der Waals surface area (Å²) in [6, 6.07) is 1.62. The molecule has 0 atom stereocenters. The van der Waals surface area contributed by atoms with Crippen LogP contribution in [-0.2, 0) is 16.0 Å². The summed E-state index contributed by atoms with van der Waals surface area (Å²) in [4.78, 5) is 23.5. The molecule has 0 spiro atoms. The third kappa shape index (κ3) is 6.28. The monoisotopic (exact) mass is 369 g/mol. The average Bonchev–Trinajstić information content (AvgIpc) is 3.07. The maximum absolute atomic E-state index is 11.8. The van der Waals surface area contributed by atoms with Crippen LogP contribution in [0.3, 0.4) is 0 Å². The van der Waals surface area contributed by atoms with Crippen molar-refractivity contribution in [3.8, 4) is 0 Å². The summed E-state index contributed by atoms with van der Waals surface area (Å²) in [6.07, 6.45) is 0.837. The lowest BCUT2D eigenvalue weighted by Gasteiger charge is -2.02. The molecule has 0 saturated heterocycles. The zero-order chi connectivity index (χ0) is 17.5. The third-order valence-corrected chi connectivity index (χ3v) is 4.45. The first-order chi connectivity index (χ1) is 11.4. The van der Waals surface area contributed by atoms with Crippen LogP contribution in [-0.4, -0.2) is 38.7 Å². The molecule has 2 amide bonds. The summed E-state index contributed by atoms with van der Waals surface area (Å²) in [5.41, 5.74) is 0. The van der Waals surface area contributed by atoms with Crippen LogP contribution in [0.4, 0.5) is 10.9 Å². The summed E-state index contributed by atoms with van der Waals surface area (Å²) >= 11 is 2.58. The molecular formula is C14H19N5O3S2. The number of aryl methyl sites for hydroxylation is 1. The first-order valence-electron chi connectivity index (χ1n) is 7.35. The molecule has 0 radical (unpaired) electrons. The minimum atomic E-state index is -0.240. The van der Waals surface area contributed by atoms with Gasteiger partial charge in [0.1, 0.15) is 10.8 Å². The molecule has 0 aliphatic carbocycles. The summed E-state index contributed by atoms with van der Waals surface area (Å²) in [7, 11) is 0. The first kappa shape index (κ1) is 18.4. The van der Waals surface area contributed by atoms with Crippen molar-refractivity contribution in [2.45, 2.75) is 27.2 Å². The summed E-state index contributed by atoms with van der Waals surface area (Å²) in [5.74, 6) is 1.33. The lowest BCUT2D eigenvalue weighted by Crippen LogP contribution is -2.18. The van der Waals surface area contributed by atoms with E-state index in [0.29, 0.717) is 22.6 Å². The standard InChI is InChI=1S/C14H19N5O3S2/c1-8(2)4-13-17-18-14(24-13)16-12(21)7-23-6-11(20)15-10-5-9(3)22-19-10/h5,8H,4,6-7H2,1-3H3,(H,15,19,20)(H,16,18,21). The van der Waals surface area contributed by atoms with E-state index in [1.165, 1.54) is 23.1 Å². The van der Waals surface area contributed by atoms with Gasteiger partial charge in [-0.25, -0.2) is 0 Å².